The van der Waals surface area contributed by atoms with Crippen molar-refractivity contribution in [3.8, 4) is 11.5 Å². The molecule has 0 saturated carbocycles. The van der Waals surface area contributed by atoms with E-state index in [1.54, 1.807) is 13.2 Å². The molecule has 3 rings (SSSR count). The third-order valence-electron chi connectivity index (χ3n) is 4.45. The van der Waals surface area contributed by atoms with Gasteiger partial charge in [-0.05, 0) is 31.9 Å². The smallest absolute Gasteiger partial charge is 0.123 e. The highest BCUT2D eigenvalue weighted by atomic mass is 16.5. The summed E-state index contributed by atoms with van der Waals surface area (Å²) in [5.41, 5.74) is 0.942. The fourth-order valence-corrected chi connectivity index (χ4v) is 3.38. The van der Waals surface area contributed by atoms with Gasteiger partial charge in [-0.1, -0.05) is 6.07 Å². The van der Waals surface area contributed by atoms with Crippen molar-refractivity contribution in [2.45, 2.75) is 37.9 Å². The van der Waals surface area contributed by atoms with Crippen molar-refractivity contribution in [2.75, 3.05) is 20.2 Å². The number of phenolic OH excluding ortho intramolecular Hbond substituents is 1. The summed E-state index contributed by atoms with van der Waals surface area (Å²) < 4.78 is 5.10. The molecule has 104 valence electrons. The number of nitrogens with one attached hydrogen (secondary N) is 1. The number of methoxy groups -OCH3 is 1. The molecule has 2 saturated heterocycles. The van der Waals surface area contributed by atoms with Crippen LogP contribution in [-0.2, 0) is 6.54 Å². The van der Waals surface area contributed by atoms with E-state index in [9.17, 15) is 5.11 Å². The summed E-state index contributed by atoms with van der Waals surface area (Å²) in [4.78, 5) is 2.59. The molecule has 2 unspecified atom stereocenters. The fraction of sp³-hybridized carbons (Fsp3) is 0.600. The van der Waals surface area contributed by atoms with Crippen LogP contribution < -0.4 is 10.1 Å². The van der Waals surface area contributed by atoms with Crippen LogP contribution in [0.4, 0.5) is 0 Å². The van der Waals surface area contributed by atoms with Gasteiger partial charge in [0.25, 0.3) is 0 Å². The van der Waals surface area contributed by atoms with E-state index in [1.165, 1.54) is 32.4 Å². The summed E-state index contributed by atoms with van der Waals surface area (Å²) in [6.45, 7) is 3.21. The molecule has 1 aromatic rings. The number of hydrogen-bond acceptors (Lipinski definition) is 4. The number of ether oxygens (including phenoxy) is 1. The first kappa shape index (κ1) is 12.8. The van der Waals surface area contributed by atoms with Crippen molar-refractivity contribution < 1.29 is 9.84 Å². The number of hydrogen-bond donors (Lipinski definition) is 2. The molecule has 0 aromatic heterocycles. The second kappa shape index (κ2) is 5.39. The molecule has 0 bridgehead atoms. The highest BCUT2D eigenvalue weighted by Crippen LogP contribution is 2.29. The van der Waals surface area contributed by atoms with E-state index in [2.05, 4.69) is 10.2 Å². The highest BCUT2D eigenvalue weighted by molar-refractivity contribution is 5.39. The standard InChI is InChI=1S/C15H22N2O2/c1-19-12-5-4-11(15(18)9-12)10-16-13-6-8-17-7-2-3-14(13)17/h4-5,9,13-14,16,18H,2-3,6-8,10H2,1H3. The maximum Gasteiger partial charge on any atom is 0.123 e. The van der Waals surface area contributed by atoms with Gasteiger partial charge in [-0.25, -0.2) is 0 Å². The normalized spacial score (nSPS) is 26.6. The highest BCUT2D eigenvalue weighted by Gasteiger charge is 2.36. The van der Waals surface area contributed by atoms with Crippen LogP contribution in [0.25, 0.3) is 0 Å². The monoisotopic (exact) mass is 262 g/mol. The van der Waals surface area contributed by atoms with Gasteiger partial charge in [0, 0.05) is 36.8 Å². The van der Waals surface area contributed by atoms with Gasteiger partial charge in [-0.15, -0.1) is 0 Å². The Kier molecular flexibility index (Phi) is 3.62. The first-order valence-corrected chi connectivity index (χ1v) is 7.11. The van der Waals surface area contributed by atoms with Crippen molar-refractivity contribution in [1.82, 2.24) is 10.2 Å². The van der Waals surface area contributed by atoms with Crippen molar-refractivity contribution in [3.63, 3.8) is 0 Å². The molecule has 2 fully saturated rings. The van der Waals surface area contributed by atoms with E-state index in [4.69, 9.17) is 4.74 Å². The van der Waals surface area contributed by atoms with Crippen LogP contribution in [-0.4, -0.2) is 42.3 Å². The second-order valence-electron chi connectivity index (χ2n) is 5.52. The fourth-order valence-electron chi connectivity index (χ4n) is 3.38. The first-order chi connectivity index (χ1) is 9.28. The molecule has 2 aliphatic heterocycles. The van der Waals surface area contributed by atoms with Crippen LogP contribution in [0.2, 0.25) is 0 Å². The van der Waals surface area contributed by atoms with Crippen LogP contribution >= 0.6 is 0 Å². The van der Waals surface area contributed by atoms with Crippen molar-refractivity contribution in [1.29, 1.82) is 0 Å². The quantitative estimate of drug-likeness (QED) is 0.867. The number of fused-ring (bicyclic) bond motifs is 1. The number of phenols is 1. The maximum absolute atomic E-state index is 9.95. The van der Waals surface area contributed by atoms with Crippen LogP contribution in [0.1, 0.15) is 24.8 Å². The Morgan fingerprint density at radius 1 is 1.37 bits per heavy atom. The largest absolute Gasteiger partial charge is 0.507 e. The molecular weight excluding hydrogens is 240 g/mol. The van der Waals surface area contributed by atoms with Gasteiger partial charge in [-0.3, -0.25) is 4.90 Å². The molecule has 2 atom stereocenters. The van der Waals surface area contributed by atoms with Gasteiger partial charge in [0.1, 0.15) is 11.5 Å². The minimum atomic E-state index is 0.313. The molecule has 2 heterocycles. The third-order valence-corrected chi connectivity index (χ3v) is 4.45. The Hall–Kier alpha value is -1.26. The zero-order chi connectivity index (χ0) is 13.2. The third kappa shape index (κ3) is 2.55. The molecule has 1 aromatic carbocycles. The Morgan fingerprint density at radius 2 is 2.26 bits per heavy atom. The molecule has 4 heteroatoms. The Bertz CT molecular complexity index is 450. The molecule has 2 aliphatic rings. The van der Waals surface area contributed by atoms with Crippen LogP contribution in [0.3, 0.4) is 0 Å². The molecule has 4 nitrogen and oxygen atoms in total. The van der Waals surface area contributed by atoms with E-state index in [-0.39, 0.29) is 0 Å². The SMILES string of the molecule is COc1ccc(CNC2CCN3CCCC23)c(O)c1. The number of rotatable bonds is 4. The van der Waals surface area contributed by atoms with E-state index in [1.807, 2.05) is 12.1 Å². The van der Waals surface area contributed by atoms with E-state index < -0.39 is 0 Å². The van der Waals surface area contributed by atoms with Gasteiger partial charge in [0.05, 0.1) is 7.11 Å². The van der Waals surface area contributed by atoms with Crippen LogP contribution in [0.5, 0.6) is 11.5 Å². The number of aromatic hydroxyl groups is 1. The second-order valence-corrected chi connectivity index (χ2v) is 5.52. The van der Waals surface area contributed by atoms with Gasteiger partial charge in [-0.2, -0.15) is 0 Å². The lowest BCUT2D eigenvalue weighted by molar-refractivity contribution is 0.298. The molecule has 2 N–H and O–H groups in total. The molecule has 0 aliphatic carbocycles. The van der Waals surface area contributed by atoms with Gasteiger partial charge < -0.3 is 15.2 Å². The Morgan fingerprint density at radius 3 is 3.05 bits per heavy atom. The summed E-state index contributed by atoms with van der Waals surface area (Å²) in [6, 6.07) is 6.79. The van der Waals surface area contributed by atoms with E-state index >= 15 is 0 Å². The van der Waals surface area contributed by atoms with Crippen molar-refractivity contribution in [3.05, 3.63) is 23.8 Å². The summed E-state index contributed by atoms with van der Waals surface area (Å²) in [6.07, 6.45) is 3.87. The zero-order valence-corrected chi connectivity index (χ0v) is 11.4. The summed E-state index contributed by atoms with van der Waals surface area (Å²) in [7, 11) is 1.61. The lowest BCUT2D eigenvalue weighted by Gasteiger charge is -2.21. The van der Waals surface area contributed by atoms with Crippen molar-refractivity contribution >= 4 is 0 Å². The number of benzene rings is 1. The Labute approximate surface area is 114 Å². The molecule has 0 radical (unpaired) electrons. The number of nitrogens with zero attached hydrogens (tertiary/aromatic N) is 1. The maximum atomic E-state index is 9.95. The van der Waals surface area contributed by atoms with Crippen LogP contribution in [0, 0.1) is 0 Å². The summed E-state index contributed by atoms with van der Waals surface area (Å²) >= 11 is 0. The van der Waals surface area contributed by atoms with Crippen molar-refractivity contribution in [2.24, 2.45) is 0 Å². The molecule has 0 spiro atoms. The molecule has 0 amide bonds. The van der Waals surface area contributed by atoms with Gasteiger partial charge in [0.15, 0.2) is 0 Å². The van der Waals surface area contributed by atoms with E-state index in [0.29, 0.717) is 23.6 Å². The first-order valence-electron chi connectivity index (χ1n) is 7.11. The van der Waals surface area contributed by atoms with Gasteiger partial charge >= 0.3 is 0 Å². The Balaban J connectivity index is 1.60. The lowest BCUT2D eigenvalue weighted by atomic mass is 10.1. The summed E-state index contributed by atoms with van der Waals surface area (Å²) in [5.74, 6) is 1.01. The minimum Gasteiger partial charge on any atom is -0.507 e. The lowest BCUT2D eigenvalue weighted by Crippen LogP contribution is -2.38. The predicted octanol–water partition coefficient (Wildman–Crippen LogP) is 1.73. The molecule has 19 heavy (non-hydrogen) atoms. The van der Waals surface area contributed by atoms with E-state index in [0.717, 1.165) is 12.1 Å². The zero-order valence-electron chi connectivity index (χ0n) is 11.4. The molecular formula is C15H22N2O2. The van der Waals surface area contributed by atoms with Crippen LogP contribution in [0.15, 0.2) is 18.2 Å². The predicted molar refractivity (Wildman–Crippen MR) is 74.5 cm³/mol. The summed E-state index contributed by atoms with van der Waals surface area (Å²) in [5, 5.41) is 13.6. The topological polar surface area (TPSA) is 44.7 Å². The van der Waals surface area contributed by atoms with Gasteiger partial charge in [0.2, 0.25) is 0 Å². The minimum absolute atomic E-state index is 0.313. The average Bonchev–Trinajstić information content (AvgIpc) is 3.01. The average molecular weight is 262 g/mol.